The molecule has 6 heteroatoms. The number of hydrogen-bond donors (Lipinski definition) is 0. The molecule has 1 spiro atoms. The minimum Gasteiger partial charge on any atom is -0.381 e. The van der Waals surface area contributed by atoms with Gasteiger partial charge < -0.3 is 14.5 Å². The van der Waals surface area contributed by atoms with Crippen molar-refractivity contribution in [1.29, 1.82) is 0 Å². The maximum absolute atomic E-state index is 13.1. The fraction of sp³-hybridized carbons (Fsp3) is 0.667. The molecule has 2 amide bonds. The Morgan fingerprint density at radius 1 is 1.17 bits per heavy atom. The first-order chi connectivity index (χ1) is 11.7. The molecule has 1 atom stereocenters. The van der Waals surface area contributed by atoms with Crippen LogP contribution in [0.3, 0.4) is 0 Å². The van der Waals surface area contributed by atoms with Crippen molar-refractivity contribution in [3.63, 3.8) is 0 Å². The van der Waals surface area contributed by atoms with Gasteiger partial charge in [0.15, 0.2) is 0 Å². The van der Waals surface area contributed by atoms with E-state index in [-0.39, 0.29) is 23.1 Å². The van der Waals surface area contributed by atoms with Crippen LogP contribution < -0.4 is 0 Å². The second-order valence-corrected chi connectivity index (χ2v) is 8.17. The molecule has 130 valence electrons. The van der Waals surface area contributed by atoms with Crippen molar-refractivity contribution in [2.75, 3.05) is 39.4 Å². The maximum Gasteiger partial charge on any atom is 0.263 e. The molecule has 24 heavy (non-hydrogen) atoms. The van der Waals surface area contributed by atoms with Crippen LogP contribution in [0.4, 0.5) is 0 Å². The number of rotatable bonds is 2. The summed E-state index contributed by atoms with van der Waals surface area (Å²) in [4.78, 5) is 30.6. The van der Waals surface area contributed by atoms with Gasteiger partial charge in [-0.1, -0.05) is 6.07 Å². The standard InChI is InChI=1S/C18H24N2O3S/c21-16(19-7-1-2-8-19)14-12-20(17(22)15-4-3-11-24-15)13-18(14)5-9-23-10-6-18/h3-4,11,14H,1-2,5-10,12-13H2/t14-/m0/s1. The molecular weight excluding hydrogens is 324 g/mol. The average molecular weight is 348 g/mol. The van der Waals surface area contributed by atoms with Gasteiger partial charge in [0, 0.05) is 44.8 Å². The number of likely N-dealkylation sites (tertiary alicyclic amines) is 2. The van der Waals surface area contributed by atoms with Gasteiger partial charge in [-0.3, -0.25) is 9.59 Å². The quantitative estimate of drug-likeness (QED) is 0.824. The lowest BCUT2D eigenvalue weighted by molar-refractivity contribution is -0.139. The van der Waals surface area contributed by atoms with Gasteiger partial charge in [-0.05, 0) is 37.1 Å². The number of ether oxygens (including phenoxy) is 1. The molecule has 1 aromatic rings. The molecule has 3 aliphatic heterocycles. The van der Waals surface area contributed by atoms with Crippen LogP contribution in [0.5, 0.6) is 0 Å². The van der Waals surface area contributed by atoms with Crippen molar-refractivity contribution >= 4 is 23.2 Å². The molecule has 1 aromatic heterocycles. The third-order valence-corrected chi connectivity index (χ3v) is 6.73. The van der Waals surface area contributed by atoms with Crippen molar-refractivity contribution in [1.82, 2.24) is 9.80 Å². The van der Waals surface area contributed by atoms with E-state index in [4.69, 9.17) is 4.74 Å². The predicted octanol–water partition coefficient (Wildman–Crippen LogP) is 2.24. The Bertz CT molecular complexity index is 604. The van der Waals surface area contributed by atoms with E-state index in [1.54, 1.807) is 0 Å². The molecule has 0 bridgehead atoms. The van der Waals surface area contributed by atoms with Gasteiger partial charge in [-0.15, -0.1) is 11.3 Å². The molecule has 0 N–H and O–H groups in total. The minimum atomic E-state index is -0.0924. The van der Waals surface area contributed by atoms with E-state index in [0.717, 1.165) is 43.6 Å². The molecule has 5 nitrogen and oxygen atoms in total. The monoisotopic (exact) mass is 348 g/mol. The Kier molecular flexibility index (Phi) is 4.35. The van der Waals surface area contributed by atoms with Crippen molar-refractivity contribution in [2.45, 2.75) is 25.7 Å². The van der Waals surface area contributed by atoms with Crippen molar-refractivity contribution < 1.29 is 14.3 Å². The molecule has 0 unspecified atom stereocenters. The summed E-state index contributed by atoms with van der Waals surface area (Å²) in [6.45, 7) is 4.40. The molecule has 3 fully saturated rings. The fourth-order valence-corrected chi connectivity index (χ4v) is 5.15. The molecule has 4 heterocycles. The molecule has 0 aliphatic carbocycles. The number of nitrogens with zero attached hydrogens (tertiary/aromatic N) is 2. The van der Waals surface area contributed by atoms with E-state index in [0.29, 0.717) is 26.3 Å². The zero-order chi connectivity index (χ0) is 16.6. The highest BCUT2D eigenvalue weighted by Gasteiger charge is 2.52. The predicted molar refractivity (Wildman–Crippen MR) is 92.0 cm³/mol. The zero-order valence-electron chi connectivity index (χ0n) is 13.9. The van der Waals surface area contributed by atoms with Gasteiger partial charge in [-0.25, -0.2) is 0 Å². The van der Waals surface area contributed by atoms with Gasteiger partial charge in [0.1, 0.15) is 0 Å². The van der Waals surface area contributed by atoms with Crippen LogP contribution in [0.2, 0.25) is 0 Å². The van der Waals surface area contributed by atoms with Crippen LogP contribution in [-0.2, 0) is 9.53 Å². The molecule has 0 radical (unpaired) electrons. The number of hydrogen-bond acceptors (Lipinski definition) is 4. The first kappa shape index (κ1) is 16.1. The second-order valence-electron chi connectivity index (χ2n) is 7.22. The largest absolute Gasteiger partial charge is 0.381 e. The van der Waals surface area contributed by atoms with E-state index in [2.05, 4.69) is 0 Å². The summed E-state index contributed by atoms with van der Waals surface area (Å²) in [6, 6.07) is 3.78. The lowest BCUT2D eigenvalue weighted by Crippen LogP contribution is -2.45. The molecule has 3 aliphatic rings. The minimum absolute atomic E-state index is 0.0663. The lowest BCUT2D eigenvalue weighted by Gasteiger charge is -2.38. The molecule has 3 saturated heterocycles. The maximum atomic E-state index is 13.1. The highest BCUT2D eigenvalue weighted by Crippen LogP contribution is 2.45. The first-order valence-electron chi connectivity index (χ1n) is 8.89. The number of carbonyl (C=O) groups excluding carboxylic acids is 2. The Balaban J connectivity index is 1.58. The van der Waals surface area contributed by atoms with E-state index >= 15 is 0 Å². The average Bonchev–Trinajstić information content (AvgIpc) is 3.35. The SMILES string of the molecule is O=C(c1cccs1)N1C[C@@H](C(=O)N2CCCC2)C2(CCOCC2)C1. The summed E-state index contributed by atoms with van der Waals surface area (Å²) in [5, 5.41) is 1.93. The molecule has 0 saturated carbocycles. The van der Waals surface area contributed by atoms with Crippen LogP contribution in [0.25, 0.3) is 0 Å². The molecule has 4 rings (SSSR count). The Labute approximate surface area is 146 Å². The third-order valence-electron chi connectivity index (χ3n) is 5.87. The van der Waals surface area contributed by atoms with E-state index < -0.39 is 0 Å². The zero-order valence-corrected chi connectivity index (χ0v) is 14.7. The third kappa shape index (κ3) is 2.75. The summed E-state index contributed by atoms with van der Waals surface area (Å²) in [5.74, 6) is 0.270. The second kappa shape index (κ2) is 6.48. The molecule has 0 aromatic carbocycles. The van der Waals surface area contributed by atoms with Crippen molar-refractivity contribution in [3.05, 3.63) is 22.4 Å². The van der Waals surface area contributed by atoms with Crippen LogP contribution in [0, 0.1) is 11.3 Å². The Morgan fingerprint density at radius 2 is 1.92 bits per heavy atom. The van der Waals surface area contributed by atoms with Gasteiger partial charge in [0.2, 0.25) is 5.91 Å². The number of carbonyl (C=O) groups is 2. The number of amides is 2. The summed E-state index contributed by atoms with van der Waals surface area (Å²) in [7, 11) is 0. The van der Waals surface area contributed by atoms with Crippen LogP contribution >= 0.6 is 11.3 Å². The van der Waals surface area contributed by atoms with Crippen molar-refractivity contribution in [3.8, 4) is 0 Å². The van der Waals surface area contributed by atoms with E-state index in [1.807, 2.05) is 27.3 Å². The van der Waals surface area contributed by atoms with Gasteiger partial charge in [0.05, 0.1) is 10.8 Å². The summed E-state index contributed by atoms with van der Waals surface area (Å²) < 4.78 is 5.55. The van der Waals surface area contributed by atoms with E-state index in [9.17, 15) is 9.59 Å². The van der Waals surface area contributed by atoms with E-state index in [1.165, 1.54) is 11.3 Å². The highest BCUT2D eigenvalue weighted by atomic mass is 32.1. The fourth-order valence-electron chi connectivity index (χ4n) is 4.46. The Hall–Kier alpha value is -1.40. The molecular formula is C18H24N2O3S. The normalized spacial score (nSPS) is 26.2. The van der Waals surface area contributed by atoms with Crippen LogP contribution in [0.1, 0.15) is 35.4 Å². The lowest BCUT2D eigenvalue weighted by atomic mass is 9.71. The summed E-state index contributed by atoms with van der Waals surface area (Å²) in [6.07, 6.45) is 3.97. The number of thiophene rings is 1. The Morgan fingerprint density at radius 3 is 2.58 bits per heavy atom. The van der Waals surface area contributed by atoms with Gasteiger partial charge in [0.25, 0.3) is 5.91 Å². The summed E-state index contributed by atoms with van der Waals surface area (Å²) >= 11 is 1.48. The highest BCUT2D eigenvalue weighted by molar-refractivity contribution is 7.12. The first-order valence-corrected chi connectivity index (χ1v) is 9.77. The van der Waals surface area contributed by atoms with Crippen LogP contribution in [0.15, 0.2) is 17.5 Å². The topological polar surface area (TPSA) is 49.9 Å². The summed E-state index contributed by atoms with van der Waals surface area (Å²) in [5.41, 5.74) is -0.0924. The van der Waals surface area contributed by atoms with Gasteiger partial charge >= 0.3 is 0 Å². The van der Waals surface area contributed by atoms with Gasteiger partial charge in [-0.2, -0.15) is 0 Å². The van der Waals surface area contributed by atoms with Crippen LogP contribution in [-0.4, -0.2) is 61.0 Å². The smallest absolute Gasteiger partial charge is 0.263 e. The van der Waals surface area contributed by atoms with Crippen molar-refractivity contribution in [2.24, 2.45) is 11.3 Å².